The van der Waals surface area contributed by atoms with E-state index in [0.29, 0.717) is 6.42 Å². The van der Waals surface area contributed by atoms with Gasteiger partial charge in [0.15, 0.2) is 9.84 Å². The fraction of sp³-hybridized carbons (Fsp3) is 0.588. The largest absolute Gasteiger partial charge is 0.341 e. The number of sulfone groups is 1. The molecule has 1 fully saturated rings. The van der Waals surface area contributed by atoms with Gasteiger partial charge in [-0.1, -0.05) is 11.8 Å². The van der Waals surface area contributed by atoms with Gasteiger partial charge in [0.1, 0.15) is 15.7 Å². The number of carbonyl (C=O) groups is 1. The number of rotatable bonds is 4. The zero-order chi connectivity index (χ0) is 18.5. The van der Waals surface area contributed by atoms with Gasteiger partial charge < -0.3 is 4.90 Å². The van der Waals surface area contributed by atoms with E-state index in [-0.39, 0.29) is 29.2 Å². The fourth-order valence-corrected chi connectivity index (χ4v) is 7.86. The lowest BCUT2D eigenvalue weighted by Crippen LogP contribution is -2.38. The van der Waals surface area contributed by atoms with Gasteiger partial charge in [-0.3, -0.25) is 4.79 Å². The molecule has 9 heteroatoms. The van der Waals surface area contributed by atoms with Crippen LogP contribution in [0.15, 0.2) is 5.03 Å². The molecular weight excluding hydrogens is 390 g/mol. The Hall–Kier alpha value is -1.19. The van der Waals surface area contributed by atoms with Crippen molar-refractivity contribution in [1.29, 1.82) is 0 Å². The van der Waals surface area contributed by atoms with Crippen molar-refractivity contribution in [3.63, 3.8) is 0 Å². The molecule has 140 valence electrons. The Morgan fingerprint density at radius 2 is 2.15 bits per heavy atom. The Kier molecular flexibility index (Phi) is 4.73. The standard InChI is InChI=1S/C17H21N3O3S3/c1-10-18-16(15-12-4-3-5-13(12)25-17(15)19-10)24-8-14(21)20(2)11-6-7-26(22,23)9-11/h11H,3-9H2,1-2H3/t11-/m0/s1. The molecule has 0 bridgehead atoms. The van der Waals surface area contributed by atoms with E-state index in [1.165, 1.54) is 28.6 Å². The zero-order valence-corrected chi connectivity index (χ0v) is 17.3. The van der Waals surface area contributed by atoms with Crippen molar-refractivity contribution < 1.29 is 13.2 Å². The van der Waals surface area contributed by atoms with E-state index in [1.54, 1.807) is 23.3 Å². The van der Waals surface area contributed by atoms with Crippen LogP contribution in [0.2, 0.25) is 0 Å². The Morgan fingerprint density at radius 3 is 2.88 bits per heavy atom. The Balaban J connectivity index is 1.52. The summed E-state index contributed by atoms with van der Waals surface area (Å²) >= 11 is 3.19. The SMILES string of the molecule is Cc1nc(SCC(=O)N(C)[C@H]2CCS(=O)(=O)C2)c2c3c(sc2n1)CCC3. The van der Waals surface area contributed by atoms with Crippen LogP contribution >= 0.6 is 23.1 Å². The number of amides is 1. The van der Waals surface area contributed by atoms with Crippen molar-refractivity contribution in [2.75, 3.05) is 24.3 Å². The Bertz CT molecular complexity index is 984. The molecule has 0 aromatic carbocycles. The highest BCUT2D eigenvalue weighted by atomic mass is 32.2. The van der Waals surface area contributed by atoms with Crippen molar-refractivity contribution in [3.05, 3.63) is 16.3 Å². The highest BCUT2D eigenvalue weighted by Gasteiger charge is 2.32. The number of fused-ring (bicyclic) bond motifs is 3. The first-order chi connectivity index (χ1) is 12.3. The number of nitrogens with zero attached hydrogens (tertiary/aromatic N) is 3. The molecule has 2 aliphatic rings. The molecule has 0 saturated carbocycles. The summed E-state index contributed by atoms with van der Waals surface area (Å²) in [5.74, 6) is 1.20. The first-order valence-corrected chi connectivity index (χ1v) is 12.3. The number of thiophene rings is 1. The third-order valence-electron chi connectivity index (χ3n) is 5.13. The van der Waals surface area contributed by atoms with Crippen LogP contribution in [-0.4, -0.2) is 59.5 Å². The molecule has 0 radical (unpaired) electrons. The zero-order valence-electron chi connectivity index (χ0n) is 14.8. The van der Waals surface area contributed by atoms with Crippen LogP contribution in [0.4, 0.5) is 0 Å². The van der Waals surface area contributed by atoms with Crippen molar-refractivity contribution in [1.82, 2.24) is 14.9 Å². The summed E-state index contributed by atoms with van der Waals surface area (Å²) in [4.78, 5) is 25.8. The smallest absolute Gasteiger partial charge is 0.233 e. The summed E-state index contributed by atoms with van der Waals surface area (Å²) in [5.41, 5.74) is 1.36. The monoisotopic (exact) mass is 411 g/mol. The normalized spacial score (nSPS) is 21.2. The quantitative estimate of drug-likeness (QED) is 0.567. The van der Waals surface area contributed by atoms with Crippen LogP contribution in [0.1, 0.15) is 29.1 Å². The molecule has 1 saturated heterocycles. The maximum atomic E-state index is 12.6. The average Bonchev–Trinajstić information content (AvgIpc) is 3.25. The first kappa shape index (κ1) is 18.2. The topological polar surface area (TPSA) is 80.2 Å². The highest BCUT2D eigenvalue weighted by molar-refractivity contribution is 8.00. The molecule has 0 unspecified atom stereocenters. The molecular formula is C17H21N3O3S3. The van der Waals surface area contributed by atoms with Gasteiger partial charge in [-0.05, 0) is 38.2 Å². The van der Waals surface area contributed by atoms with Crippen LogP contribution in [0, 0.1) is 6.92 Å². The van der Waals surface area contributed by atoms with Gasteiger partial charge in [0.2, 0.25) is 5.91 Å². The Morgan fingerprint density at radius 1 is 1.35 bits per heavy atom. The van der Waals surface area contributed by atoms with Gasteiger partial charge in [-0.15, -0.1) is 11.3 Å². The summed E-state index contributed by atoms with van der Waals surface area (Å²) in [6, 6.07) is -0.203. The summed E-state index contributed by atoms with van der Waals surface area (Å²) in [5, 5.41) is 2.00. The summed E-state index contributed by atoms with van der Waals surface area (Å²) in [7, 11) is -1.29. The van der Waals surface area contributed by atoms with E-state index in [0.717, 1.165) is 33.9 Å². The lowest BCUT2D eigenvalue weighted by atomic mass is 10.2. The van der Waals surface area contributed by atoms with Crippen molar-refractivity contribution in [2.24, 2.45) is 0 Å². The van der Waals surface area contributed by atoms with E-state index < -0.39 is 9.84 Å². The van der Waals surface area contributed by atoms with E-state index in [1.807, 2.05) is 6.92 Å². The van der Waals surface area contributed by atoms with Crippen LogP contribution in [0.5, 0.6) is 0 Å². The molecule has 1 amide bonds. The Labute approximate surface area is 161 Å². The predicted molar refractivity (Wildman–Crippen MR) is 105 cm³/mol. The summed E-state index contributed by atoms with van der Waals surface area (Å²) < 4.78 is 23.3. The van der Waals surface area contributed by atoms with Crippen LogP contribution in [-0.2, 0) is 27.5 Å². The van der Waals surface area contributed by atoms with E-state index in [9.17, 15) is 13.2 Å². The highest BCUT2D eigenvalue weighted by Crippen LogP contribution is 2.40. The predicted octanol–water partition coefficient (Wildman–Crippen LogP) is 2.23. The van der Waals surface area contributed by atoms with Gasteiger partial charge in [0.25, 0.3) is 0 Å². The maximum Gasteiger partial charge on any atom is 0.233 e. The van der Waals surface area contributed by atoms with Crippen molar-refractivity contribution >= 4 is 49.1 Å². The van der Waals surface area contributed by atoms with E-state index in [4.69, 9.17) is 0 Å². The lowest BCUT2D eigenvalue weighted by molar-refractivity contribution is -0.128. The van der Waals surface area contributed by atoms with Gasteiger partial charge in [-0.25, -0.2) is 18.4 Å². The molecule has 2 aromatic heterocycles. The fourth-order valence-electron chi connectivity index (χ4n) is 3.68. The molecule has 4 rings (SSSR count). The van der Waals surface area contributed by atoms with E-state index in [2.05, 4.69) is 9.97 Å². The molecule has 6 nitrogen and oxygen atoms in total. The third kappa shape index (κ3) is 3.36. The number of aromatic nitrogens is 2. The van der Waals surface area contributed by atoms with Crippen LogP contribution in [0.3, 0.4) is 0 Å². The minimum absolute atomic E-state index is 0.0478. The number of hydrogen-bond acceptors (Lipinski definition) is 7. The molecule has 1 aliphatic carbocycles. The van der Waals surface area contributed by atoms with Crippen LogP contribution < -0.4 is 0 Å². The summed E-state index contributed by atoms with van der Waals surface area (Å²) in [6.45, 7) is 1.88. The third-order valence-corrected chi connectivity index (χ3v) is 9.02. The molecule has 1 aliphatic heterocycles. The molecule has 0 spiro atoms. The minimum Gasteiger partial charge on any atom is -0.341 e. The molecule has 1 atom stereocenters. The number of aryl methyl sites for hydroxylation is 3. The molecule has 2 aromatic rings. The lowest BCUT2D eigenvalue weighted by Gasteiger charge is -2.23. The molecule has 3 heterocycles. The maximum absolute atomic E-state index is 12.6. The van der Waals surface area contributed by atoms with Gasteiger partial charge in [0.05, 0.1) is 17.3 Å². The summed E-state index contributed by atoms with van der Waals surface area (Å²) in [6.07, 6.45) is 3.87. The second-order valence-corrected chi connectivity index (χ2v) is 11.2. The number of thioether (sulfide) groups is 1. The van der Waals surface area contributed by atoms with Crippen molar-refractivity contribution in [3.8, 4) is 0 Å². The van der Waals surface area contributed by atoms with Gasteiger partial charge in [0, 0.05) is 23.4 Å². The number of carbonyl (C=O) groups excluding carboxylic acids is 1. The second-order valence-electron chi connectivity index (χ2n) is 6.96. The average molecular weight is 412 g/mol. The molecule has 26 heavy (non-hydrogen) atoms. The first-order valence-electron chi connectivity index (χ1n) is 8.72. The van der Waals surface area contributed by atoms with E-state index >= 15 is 0 Å². The second kappa shape index (κ2) is 6.76. The van der Waals surface area contributed by atoms with Gasteiger partial charge >= 0.3 is 0 Å². The van der Waals surface area contributed by atoms with Crippen LogP contribution in [0.25, 0.3) is 10.2 Å². The minimum atomic E-state index is -2.99. The number of hydrogen-bond donors (Lipinski definition) is 0. The van der Waals surface area contributed by atoms with Gasteiger partial charge in [-0.2, -0.15) is 0 Å². The van der Waals surface area contributed by atoms with Crippen molar-refractivity contribution in [2.45, 2.75) is 43.7 Å². The molecule has 0 N–H and O–H groups in total.